The number of para-hydroxylation sites is 2. The molecule has 1 heterocycles. The lowest BCUT2D eigenvalue weighted by Gasteiger charge is -2.05. The first-order valence-corrected chi connectivity index (χ1v) is 6.10. The molecule has 0 atom stereocenters. The second-order valence-corrected chi connectivity index (χ2v) is 4.50. The molecule has 0 radical (unpaired) electrons. The summed E-state index contributed by atoms with van der Waals surface area (Å²) >= 11 is 5.83. The van der Waals surface area contributed by atoms with E-state index in [4.69, 9.17) is 11.6 Å². The van der Waals surface area contributed by atoms with E-state index in [0.29, 0.717) is 0 Å². The normalized spacial score (nSPS) is 14.3. The van der Waals surface area contributed by atoms with Crippen LogP contribution in [0.3, 0.4) is 0 Å². The largest absolute Gasteiger partial charge is 0.345 e. The molecule has 0 saturated carbocycles. The third-order valence-electron chi connectivity index (χ3n) is 2.75. The summed E-state index contributed by atoms with van der Waals surface area (Å²) in [5.74, 6) is 0. The smallest absolute Gasteiger partial charge is 0.194 e. The summed E-state index contributed by atoms with van der Waals surface area (Å²) in [4.78, 5) is 4.45. The third kappa shape index (κ3) is 2.31. The first-order valence-electron chi connectivity index (χ1n) is 5.72. The van der Waals surface area contributed by atoms with Gasteiger partial charge in [0.05, 0.1) is 11.4 Å². The van der Waals surface area contributed by atoms with Gasteiger partial charge in [-0.3, -0.25) is 0 Å². The van der Waals surface area contributed by atoms with Gasteiger partial charge in [0, 0.05) is 11.2 Å². The average molecular weight is 258 g/mol. The number of nitrogens with zero attached hydrogens (tertiary/aromatic N) is 1. The highest BCUT2D eigenvalue weighted by Crippen LogP contribution is 2.28. The second kappa shape index (κ2) is 4.70. The lowest BCUT2D eigenvalue weighted by Crippen LogP contribution is -2.19. The number of fused-ring (bicyclic) bond motifs is 1. The van der Waals surface area contributed by atoms with Gasteiger partial charge in [0.25, 0.3) is 0 Å². The molecule has 1 aliphatic heterocycles. The molecule has 3 rings (SSSR count). The number of hydrogen-bond acceptors (Lipinski definition) is 3. The maximum atomic E-state index is 5.83. The van der Waals surface area contributed by atoms with Gasteiger partial charge in [0.2, 0.25) is 0 Å². The van der Waals surface area contributed by atoms with Crippen LogP contribution in [0.2, 0.25) is 5.02 Å². The zero-order valence-electron chi connectivity index (χ0n) is 9.60. The topological polar surface area (TPSA) is 36.4 Å². The highest BCUT2D eigenvalue weighted by atomic mass is 35.5. The van der Waals surface area contributed by atoms with Crippen LogP contribution < -0.4 is 10.6 Å². The third-order valence-corrected chi connectivity index (χ3v) is 3.01. The molecule has 0 fully saturated rings. The van der Waals surface area contributed by atoms with E-state index in [1.165, 1.54) is 0 Å². The van der Waals surface area contributed by atoms with Gasteiger partial charge in [-0.15, -0.1) is 0 Å². The molecule has 0 spiro atoms. The van der Waals surface area contributed by atoms with E-state index in [-0.39, 0.29) is 6.29 Å². The van der Waals surface area contributed by atoms with E-state index in [1.807, 2.05) is 54.7 Å². The molecular weight excluding hydrogens is 246 g/mol. The number of anilines is 2. The Hall–Kier alpha value is -2.00. The number of aliphatic imine (C=N–C) groups is 1. The van der Waals surface area contributed by atoms with Crippen molar-refractivity contribution in [3.8, 4) is 0 Å². The van der Waals surface area contributed by atoms with Gasteiger partial charge in [0.1, 0.15) is 0 Å². The molecular formula is C14H12ClN3. The maximum Gasteiger partial charge on any atom is 0.194 e. The molecule has 90 valence electrons. The van der Waals surface area contributed by atoms with E-state index in [2.05, 4.69) is 15.6 Å². The van der Waals surface area contributed by atoms with Crippen molar-refractivity contribution in [1.29, 1.82) is 0 Å². The van der Waals surface area contributed by atoms with Crippen molar-refractivity contribution in [3.63, 3.8) is 0 Å². The molecule has 0 aromatic heterocycles. The summed E-state index contributed by atoms with van der Waals surface area (Å²) in [6, 6.07) is 15.6. The highest BCUT2D eigenvalue weighted by molar-refractivity contribution is 6.30. The Balaban J connectivity index is 1.71. The lowest BCUT2D eigenvalue weighted by molar-refractivity contribution is 0.909. The standard InChI is InChI=1S/C14H12ClN3/c15-11-7-5-10(6-8-11)9-16-14-17-12-3-1-2-4-13(12)18-14/h1-9,14,17-18H. The van der Waals surface area contributed by atoms with Crippen LogP contribution in [0, 0.1) is 0 Å². The summed E-state index contributed by atoms with van der Waals surface area (Å²) < 4.78 is 0. The van der Waals surface area contributed by atoms with Crippen LogP contribution in [0.25, 0.3) is 0 Å². The zero-order valence-corrected chi connectivity index (χ0v) is 10.4. The van der Waals surface area contributed by atoms with E-state index in [9.17, 15) is 0 Å². The van der Waals surface area contributed by atoms with Crippen molar-refractivity contribution in [3.05, 3.63) is 59.1 Å². The van der Waals surface area contributed by atoms with Crippen molar-refractivity contribution in [2.24, 2.45) is 4.99 Å². The van der Waals surface area contributed by atoms with Crippen LogP contribution in [0.4, 0.5) is 11.4 Å². The molecule has 18 heavy (non-hydrogen) atoms. The van der Waals surface area contributed by atoms with Gasteiger partial charge in [-0.2, -0.15) is 0 Å². The van der Waals surface area contributed by atoms with Gasteiger partial charge >= 0.3 is 0 Å². The number of rotatable bonds is 2. The predicted molar refractivity (Wildman–Crippen MR) is 76.5 cm³/mol. The molecule has 0 aliphatic carbocycles. The maximum absolute atomic E-state index is 5.83. The van der Waals surface area contributed by atoms with Crippen molar-refractivity contribution in [2.45, 2.75) is 6.29 Å². The lowest BCUT2D eigenvalue weighted by atomic mass is 10.2. The minimum absolute atomic E-state index is 0.113. The SMILES string of the molecule is Clc1ccc(C=NC2Nc3ccccc3N2)cc1. The molecule has 2 aromatic rings. The van der Waals surface area contributed by atoms with E-state index in [1.54, 1.807) is 0 Å². The highest BCUT2D eigenvalue weighted by Gasteiger charge is 2.16. The minimum Gasteiger partial charge on any atom is -0.345 e. The summed E-state index contributed by atoms with van der Waals surface area (Å²) in [6.07, 6.45) is 1.71. The average Bonchev–Trinajstić information content (AvgIpc) is 2.81. The summed E-state index contributed by atoms with van der Waals surface area (Å²) in [5, 5.41) is 7.30. The van der Waals surface area contributed by atoms with E-state index in [0.717, 1.165) is 22.0 Å². The van der Waals surface area contributed by atoms with Crippen molar-refractivity contribution in [2.75, 3.05) is 10.6 Å². The minimum atomic E-state index is -0.113. The molecule has 2 N–H and O–H groups in total. The van der Waals surface area contributed by atoms with E-state index >= 15 is 0 Å². The van der Waals surface area contributed by atoms with Crippen LogP contribution >= 0.6 is 11.6 Å². The van der Waals surface area contributed by atoms with Gasteiger partial charge in [-0.05, 0) is 29.8 Å². The number of nitrogens with one attached hydrogen (secondary N) is 2. The van der Waals surface area contributed by atoms with Crippen molar-refractivity contribution < 1.29 is 0 Å². The van der Waals surface area contributed by atoms with Crippen molar-refractivity contribution in [1.82, 2.24) is 0 Å². The van der Waals surface area contributed by atoms with Crippen LogP contribution in [-0.2, 0) is 0 Å². The van der Waals surface area contributed by atoms with Crippen LogP contribution in [0.5, 0.6) is 0 Å². The molecule has 2 aromatic carbocycles. The fourth-order valence-electron chi connectivity index (χ4n) is 1.85. The molecule has 1 aliphatic rings. The van der Waals surface area contributed by atoms with Crippen LogP contribution in [-0.4, -0.2) is 12.5 Å². The fraction of sp³-hybridized carbons (Fsp3) is 0.0714. The quantitative estimate of drug-likeness (QED) is 0.807. The molecule has 3 nitrogen and oxygen atoms in total. The van der Waals surface area contributed by atoms with Gasteiger partial charge in [0.15, 0.2) is 6.29 Å². The summed E-state index contributed by atoms with van der Waals surface area (Å²) in [7, 11) is 0. The molecule has 0 bridgehead atoms. The summed E-state index contributed by atoms with van der Waals surface area (Å²) in [5.41, 5.74) is 3.19. The predicted octanol–water partition coefficient (Wildman–Crippen LogP) is 3.58. The van der Waals surface area contributed by atoms with Crippen LogP contribution in [0.1, 0.15) is 5.56 Å². The zero-order chi connectivity index (χ0) is 12.4. The van der Waals surface area contributed by atoms with Gasteiger partial charge in [-0.25, -0.2) is 4.99 Å². The van der Waals surface area contributed by atoms with Gasteiger partial charge in [-0.1, -0.05) is 35.9 Å². The van der Waals surface area contributed by atoms with Crippen LogP contribution in [0.15, 0.2) is 53.5 Å². The monoisotopic (exact) mass is 257 g/mol. The van der Waals surface area contributed by atoms with E-state index < -0.39 is 0 Å². The molecule has 0 amide bonds. The summed E-state index contributed by atoms with van der Waals surface area (Å²) in [6.45, 7) is 0. The Morgan fingerprint density at radius 1 is 0.944 bits per heavy atom. The number of hydrogen-bond donors (Lipinski definition) is 2. The first kappa shape index (κ1) is 11.1. The Morgan fingerprint density at radius 2 is 1.56 bits per heavy atom. The second-order valence-electron chi connectivity index (χ2n) is 4.07. The fourth-order valence-corrected chi connectivity index (χ4v) is 1.98. The first-order chi connectivity index (χ1) is 8.81. The number of halogens is 1. The molecule has 0 unspecified atom stereocenters. The Bertz CT molecular complexity index is 553. The Labute approximate surface area is 111 Å². The van der Waals surface area contributed by atoms with Gasteiger partial charge < -0.3 is 10.6 Å². The Kier molecular flexibility index (Phi) is 2.90. The Morgan fingerprint density at radius 3 is 2.17 bits per heavy atom. The molecule has 0 saturated heterocycles. The van der Waals surface area contributed by atoms with Crippen molar-refractivity contribution >= 4 is 29.2 Å². The number of benzene rings is 2. The molecule has 4 heteroatoms.